The van der Waals surface area contributed by atoms with Crippen LogP contribution in [-0.2, 0) is 26.2 Å². The van der Waals surface area contributed by atoms with Crippen LogP contribution in [0.3, 0.4) is 0 Å². The molecule has 0 aromatic carbocycles. The Labute approximate surface area is 153 Å². The van der Waals surface area contributed by atoms with E-state index in [1.54, 1.807) is 9.13 Å². The normalized spacial score (nSPS) is 13.6. The molecule has 0 aliphatic heterocycles. The number of aryl methyl sites for hydroxylation is 4. The highest BCUT2D eigenvalue weighted by molar-refractivity contribution is 4.70. The van der Waals surface area contributed by atoms with Gasteiger partial charge in [0.05, 0.1) is 13.1 Å². The second kappa shape index (κ2) is 11.1. The molecule has 0 aliphatic rings. The van der Waals surface area contributed by atoms with Crippen molar-refractivity contribution in [3.63, 3.8) is 0 Å². The van der Waals surface area contributed by atoms with Gasteiger partial charge in [0.15, 0.2) is 0 Å². The number of unbranched alkanes of at least 4 members (excludes halogenated alkanes) is 6. The Morgan fingerprint density at radius 1 is 0.708 bits per heavy atom. The van der Waals surface area contributed by atoms with E-state index in [1.165, 1.54) is 25.7 Å². The molecule has 0 saturated carbocycles. The summed E-state index contributed by atoms with van der Waals surface area (Å²) in [5.74, 6) is 0. The Bertz CT molecular complexity index is 677. The molecule has 2 rings (SSSR count). The average Bonchev–Trinajstić information content (AvgIpc) is 3.12. The fraction of sp³-hybridized carbons (Fsp3) is 0.700. The molecule has 0 bridgehead atoms. The van der Waals surface area contributed by atoms with Crippen molar-refractivity contribution in [2.45, 2.75) is 91.4 Å². The molecule has 0 radical (unpaired) electrons. The van der Waals surface area contributed by atoms with Crippen LogP contribution in [0.1, 0.15) is 70.7 Å². The molecular formula is C20H36N4+2. The molecule has 2 aromatic heterocycles. The van der Waals surface area contributed by atoms with E-state index in [9.17, 15) is 0 Å². The first-order valence-electron chi connectivity index (χ1n) is 11.6. The third kappa shape index (κ3) is 6.90. The summed E-state index contributed by atoms with van der Waals surface area (Å²) in [6.45, 7) is 6.98. The summed E-state index contributed by atoms with van der Waals surface area (Å²) in [5.41, 5.74) is 0. The molecule has 0 fully saturated rings. The lowest BCUT2D eigenvalue weighted by molar-refractivity contribution is -0.697. The van der Waals surface area contributed by atoms with Crippen molar-refractivity contribution < 1.29 is 14.6 Å². The van der Waals surface area contributed by atoms with Gasteiger partial charge in [0.2, 0.25) is 12.7 Å². The Kier molecular flexibility index (Phi) is 6.30. The van der Waals surface area contributed by atoms with Crippen LogP contribution in [0.25, 0.3) is 0 Å². The molecule has 0 aliphatic carbocycles. The number of hydrogen-bond acceptors (Lipinski definition) is 0. The molecule has 2 heterocycles. The first-order valence-corrected chi connectivity index (χ1v) is 9.61. The highest BCUT2D eigenvalue weighted by atomic mass is 15.2. The Morgan fingerprint density at radius 3 is 1.58 bits per heavy atom. The maximum atomic E-state index is 8.19. The summed E-state index contributed by atoms with van der Waals surface area (Å²) in [5, 5.41) is 0. The quantitative estimate of drug-likeness (QED) is 0.392. The predicted molar refractivity (Wildman–Crippen MR) is 97.5 cm³/mol. The van der Waals surface area contributed by atoms with Gasteiger partial charge in [0.1, 0.15) is 43.3 Å². The van der Waals surface area contributed by atoms with Crippen molar-refractivity contribution in [3.8, 4) is 0 Å². The lowest BCUT2D eigenvalue weighted by Gasteiger charge is -1.97. The number of aromatic nitrogens is 4. The van der Waals surface area contributed by atoms with E-state index in [2.05, 4.69) is 13.8 Å². The molecule has 2 aromatic rings. The lowest BCUT2D eigenvalue weighted by Crippen LogP contribution is -2.31. The van der Waals surface area contributed by atoms with Crippen LogP contribution in [0.4, 0.5) is 0 Å². The minimum Gasteiger partial charge on any atom is -0.237 e. The summed E-state index contributed by atoms with van der Waals surface area (Å²) < 4.78 is 39.9. The third-order valence-corrected chi connectivity index (χ3v) is 4.32. The SMILES string of the molecule is [2H]c1c([2H])[n+](CCCCCC)cn1CCn1c[n+](CCCCCC)c([2H])c1[2H]. The van der Waals surface area contributed by atoms with Gasteiger partial charge in [-0.1, -0.05) is 39.5 Å². The summed E-state index contributed by atoms with van der Waals surface area (Å²) in [6.07, 6.45) is 13.8. The fourth-order valence-corrected chi connectivity index (χ4v) is 2.80. The topological polar surface area (TPSA) is 17.6 Å². The minimum absolute atomic E-state index is 0.215. The first-order chi connectivity index (χ1) is 13.5. The van der Waals surface area contributed by atoms with Gasteiger partial charge < -0.3 is 0 Å². The molecular weight excluding hydrogens is 296 g/mol. The third-order valence-electron chi connectivity index (χ3n) is 4.32. The van der Waals surface area contributed by atoms with Gasteiger partial charge in [-0.25, -0.2) is 18.3 Å². The minimum atomic E-state index is 0.215. The molecule has 0 N–H and O–H groups in total. The zero-order valence-corrected chi connectivity index (χ0v) is 15.4. The summed E-state index contributed by atoms with van der Waals surface area (Å²) in [6, 6.07) is 0. The van der Waals surface area contributed by atoms with Gasteiger partial charge in [-0.3, -0.25) is 0 Å². The molecule has 0 saturated heterocycles. The van der Waals surface area contributed by atoms with E-state index in [0.29, 0.717) is 13.1 Å². The number of imidazole rings is 2. The van der Waals surface area contributed by atoms with Crippen molar-refractivity contribution in [1.29, 1.82) is 0 Å². The molecule has 4 heteroatoms. The summed E-state index contributed by atoms with van der Waals surface area (Å²) >= 11 is 0. The van der Waals surface area contributed by atoms with Crippen LogP contribution in [0, 0.1) is 0 Å². The van der Waals surface area contributed by atoms with Crippen LogP contribution >= 0.6 is 0 Å². The Hall–Kier alpha value is -1.58. The van der Waals surface area contributed by atoms with Gasteiger partial charge in [0.25, 0.3) is 0 Å². The molecule has 0 unspecified atom stereocenters. The molecule has 0 amide bonds. The van der Waals surface area contributed by atoms with E-state index >= 15 is 0 Å². The molecule has 0 spiro atoms. The zero-order chi connectivity index (χ0) is 20.5. The predicted octanol–water partition coefficient (Wildman–Crippen LogP) is 3.73. The number of rotatable bonds is 13. The molecule has 134 valence electrons. The largest absolute Gasteiger partial charge is 0.243 e. The van der Waals surface area contributed by atoms with Gasteiger partial charge in [-0.15, -0.1) is 0 Å². The zero-order valence-electron chi connectivity index (χ0n) is 19.4. The van der Waals surface area contributed by atoms with Crippen molar-refractivity contribution >= 4 is 0 Å². The molecule has 4 nitrogen and oxygen atoms in total. The second-order valence-corrected chi connectivity index (χ2v) is 6.57. The Balaban J connectivity index is 1.96. The van der Waals surface area contributed by atoms with Crippen LogP contribution in [0.5, 0.6) is 0 Å². The molecule has 0 atom stereocenters. The van der Waals surface area contributed by atoms with Gasteiger partial charge >= 0.3 is 0 Å². The van der Waals surface area contributed by atoms with Crippen molar-refractivity contribution in [1.82, 2.24) is 9.13 Å². The smallest absolute Gasteiger partial charge is 0.237 e. The fourth-order valence-electron chi connectivity index (χ4n) is 2.80. The molecule has 24 heavy (non-hydrogen) atoms. The van der Waals surface area contributed by atoms with Crippen LogP contribution in [-0.4, -0.2) is 9.13 Å². The van der Waals surface area contributed by atoms with E-state index in [-0.39, 0.29) is 24.7 Å². The van der Waals surface area contributed by atoms with Crippen LogP contribution in [0.15, 0.2) is 37.3 Å². The monoisotopic (exact) mass is 336 g/mol. The average molecular weight is 337 g/mol. The van der Waals surface area contributed by atoms with E-state index < -0.39 is 0 Å². The van der Waals surface area contributed by atoms with E-state index in [0.717, 1.165) is 38.8 Å². The van der Waals surface area contributed by atoms with Crippen molar-refractivity contribution in [3.05, 3.63) is 37.3 Å². The van der Waals surface area contributed by atoms with Crippen molar-refractivity contribution in [2.75, 3.05) is 0 Å². The lowest BCUT2D eigenvalue weighted by atomic mass is 10.2. The number of nitrogens with zero attached hydrogens (tertiary/aromatic N) is 4. The maximum Gasteiger partial charge on any atom is 0.243 e. The van der Waals surface area contributed by atoms with E-state index in [4.69, 9.17) is 5.48 Å². The van der Waals surface area contributed by atoms with Gasteiger partial charge in [-0.2, -0.15) is 0 Å². The standard InChI is InChI=1S/C20H36N4/c1-3-5-7-9-11-21-13-15-23(19-21)17-18-24-16-14-22(20-24)12-10-8-6-4-2/h13-16,19-20H,3-12,17-18H2,1-2H3/q+2/i13D,14D,15D,16D. The van der Waals surface area contributed by atoms with Crippen LogP contribution < -0.4 is 9.13 Å². The highest BCUT2D eigenvalue weighted by Gasteiger charge is 2.07. The summed E-state index contributed by atoms with van der Waals surface area (Å²) in [4.78, 5) is 0. The number of hydrogen-bond donors (Lipinski definition) is 0. The Morgan fingerprint density at radius 2 is 1.17 bits per heavy atom. The van der Waals surface area contributed by atoms with Crippen molar-refractivity contribution in [2.24, 2.45) is 0 Å². The summed E-state index contributed by atoms with van der Waals surface area (Å²) in [7, 11) is 0. The van der Waals surface area contributed by atoms with Crippen LogP contribution in [0.2, 0.25) is 0 Å². The highest BCUT2D eigenvalue weighted by Crippen LogP contribution is 2.00. The van der Waals surface area contributed by atoms with Gasteiger partial charge in [-0.05, 0) is 25.7 Å². The van der Waals surface area contributed by atoms with E-state index in [1.807, 2.05) is 21.8 Å². The first kappa shape index (κ1) is 13.7. The van der Waals surface area contributed by atoms with Gasteiger partial charge in [0, 0.05) is 0 Å². The second-order valence-electron chi connectivity index (χ2n) is 6.57. The maximum absolute atomic E-state index is 8.19.